The van der Waals surface area contributed by atoms with E-state index >= 15 is 0 Å². The fourth-order valence-electron chi connectivity index (χ4n) is 3.46. The zero-order valence-corrected chi connectivity index (χ0v) is 15.2. The number of rotatable bonds is 4. The second kappa shape index (κ2) is 7.28. The number of hydrogen-bond donors (Lipinski definition) is 1. The molecule has 1 fully saturated rings. The number of benzene rings is 2. The molecular formula is C20H22N4O3. The monoisotopic (exact) mass is 366 g/mol. The van der Waals surface area contributed by atoms with E-state index in [1.54, 1.807) is 11.6 Å². The minimum Gasteiger partial charge on any atom is -0.378 e. The van der Waals surface area contributed by atoms with Crippen molar-refractivity contribution >= 4 is 28.3 Å². The highest BCUT2D eigenvalue weighted by Crippen LogP contribution is 2.20. The summed E-state index contributed by atoms with van der Waals surface area (Å²) < 4.78 is 8.44. The van der Waals surface area contributed by atoms with Gasteiger partial charge in [0.15, 0.2) is 0 Å². The fraction of sp³-hybridized carbons (Fsp3) is 0.300. The van der Waals surface area contributed by atoms with Crippen LogP contribution in [-0.4, -0.2) is 41.3 Å². The van der Waals surface area contributed by atoms with Gasteiger partial charge >= 0.3 is 5.69 Å². The lowest BCUT2D eigenvalue weighted by Gasteiger charge is -2.29. The van der Waals surface area contributed by atoms with Crippen molar-refractivity contribution in [3.63, 3.8) is 0 Å². The highest BCUT2D eigenvalue weighted by Gasteiger charge is 2.15. The van der Waals surface area contributed by atoms with E-state index < -0.39 is 0 Å². The zero-order chi connectivity index (χ0) is 18.8. The number of aromatic nitrogens is 2. The van der Waals surface area contributed by atoms with Gasteiger partial charge in [-0.15, -0.1) is 0 Å². The van der Waals surface area contributed by atoms with Gasteiger partial charge in [-0.3, -0.25) is 13.9 Å². The van der Waals surface area contributed by atoms with E-state index in [1.165, 1.54) is 4.57 Å². The van der Waals surface area contributed by atoms with Crippen molar-refractivity contribution in [2.75, 3.05) is 36.5 Å². The number of carbonyl (C=O) groups is 1. The average Bonchev–Trinajstić information content (AvgIpc) is 2.94. The Hall–Kier alpha value is -3.06. The first-order valence-corrected chi connectivity index (χ1v) is 9.00. The number of hydrogen-bond acceptors (Lipinski definition) is 4. The Labute approximate surface area is 156 Å². The SMILES string of the molecule is Cn1c(=O)n(CC(=O)Nc2cccc(N3CCOCC3)c2)c2ccccc21. The molecule has 140 valence electrons. The van der Waals surface area contributed by atoms with E-state index in [9.17, 15) is 9.59 Å². The summed E-state index contributed by atoms with van der Waals surface area (Å²) in [7, 11) is 1.71. The summed E-state index contributed by atoms with van der Waals surface area (Å²) in [6.07, 6.45) is 0. The Kier molecular flexibility index (Phi) is 4.68. The van der Waals surface area contributed by atoms with Crippen molar-refractivity contribution in [3.8, 4) is 0 Å². The second-order valence-corrected chi connectivity index (χ2v) is 6.61. The molecule has 7 heteroatoms. The molecule has 0 unspecified atom stereocenters. The van der Waals surface area contributed by atoms with E-state index in [1.807, 2.05) is 48.5 Å². The highest BCUT2D eigenvalue weighted by atomic mass is 16.5. The first-order chi connectivity index (χ1) is 13.1. The molecule has 0 radical (unpaired) electrons. The van der Waals surface area contributed by atoms with Gasteiger partial charge in [0.2, 0.25) is 5.91 Å². The number of imidazole rings is 1. The van der Waals surface area contributed by atoms with Gasteiger partial charge in [0.05, 0.1) is 24.2 Å². The normalized spacial score (nSPS) is 14.5. The maximum atomic E-state index is 12.6. The van der Waals surface area contributed by atoms with Crippen LogP contribution in [0.15, 0.2) is 53.3 Å². The van der Waals surface area contributed by atoms with Crippen LogP contribution in [0.2, 0.25) is 0 Å². The van der Waals surface area contributed by atoms with E-state index in [0.717, 1.165) is 35.5 Å². The number of para-hydroxylation sites is 2. The van der Waals surface area contributed by atoms with Crippen molar-refractivity contribution in [3.05, 3.63) is 59.0 Å². The van der Waals surface area contributed by atoms with Crippen LogP contribution in [0, 0.1) is 0 Å². The third kappa shape index (κ3) is 3.46. The molecule has 3 aromatic rings. The zero-order valence-electron chi connectivity index (χ0n) is 15.2. The molecule has 0 spiro atoms. The molecule has 1 amide bonds. The number of amides is 1. The van der Waals surface area contributed by atoms with E-state index in [4.69, 9.17) is 4.74 Å². The quantitative estimate of drug-likeness (QED) is 0.765. The Bertz CT molecular complexity index is 1030. The number of morpholine rings is 1. The van der Waals surface area contributed by atoms with Crippen LogP contribution in [0.25, 0.3) is 11.0 Å². The molecular weight excluding hydrogens is 344 g/mol. The number of fused-ring (bicyclic) bond motifs is 1. The van der Waals surface area contributed by atoms with E-state index in [2.05, 4.69) is 10.2 Å². The molecule has 1 N–H and O–H groups in total. The lowest BCUT2D eigenvalue weighted by Crippen LogP contribution is -2.36. The maximum absolute atomic E-state index is 12.6. The molecule has 4 rings (SSSR count). The number of anilines is 2. The average molecular weight is 366 g/mol. The Balaban J connectivity index is 1.52. The van der Waals surface area contributed by atoms with Crippen molar-refractivity contribution in [1.29, 1.82) is 0 Å². The summed E-state index contributed by atoms with van der Waals surface area (Å²) in [5, 5.41) is 2.91. The maximum Gasteiger partial charge on any atom is 0.329 e. The van der Waals surface area contributed by atoms with Crippen LogP contribution in [0.4, 0.5) is 11.4 Å². The van der Waals surface area contributed by atoms with Gasteiger partial charge in [-0.2, -0.15) is 0 Å². The van der Waals surface area contributed by atoms with Crippen LogP contribution in [0.1, 0.15) is 0 Å². The van der Waals surface area contributed by atoms with Crippen LogP contribution < -0.4 is 15.9 Å². The van der Waals surface area contributed by atoms with E-state index in [-0.39, 0.29) is 18.1 Å². The number of nitrogens with zero attached hydrogens (tertiary/aromatic N) is 3. The van der Waals surface area contributed by atoms with Crippen LogP contribution in [-0.2, 0) is 23.1 Å². The summed E-state index contributed by atoms with van der Waals surface area (Å²) in [6.45, 7) is 3.06. The largest absolute Gasteiger partial charge is 0.378 e. The van der Waals surface area contributed by atoms with Crippen molar-refractivity contribution in [2.24, 2.45) is 7.05 Å². The Morgan fingerprint density at radius 2 is 1.81 bits per heavy atom. The minimum atomic E-state index is -0.229. The predicted molar refractivity (Wildman–Crippen MR) is 105 cm³/mol. The fourth-order valence-corrected chi connectivity index (χ4v) is 3.46. The van der Waals surface area contributed by atoms with Gasteiger partial charge in [-0.05, 0) is 30.3 Å². The third-order valence-electron chi connectivity index (χ3n) is 4.86. The molecule has 0 aliphatic carbocycles. The molecule has 1 aliphatic heterocycles. The first-order valence-electron chi connectivity index (χ1n) is 9.00. The smallest absolute Gasteiger partial charge is 0.329 e. The molecule has 2 aromatic carbocycles. The lowest BCUT2D eigenvalue weighted by atomic mass is 10.2. The molecule has 0 bridgehead atoms. The number of ether oxygens (including phenoxy) is 1. The lowest BCUT2D eigenvalue weighted by molar-refractivity contribution is -0.116. The molecule has 0 saturated carbocycles. The minimum absolute atomic E-state index is 0.0258. The number of carbonyl (C=O) groups excluding carboxylic acids is 1. The van der Waals surface area contributed by atoms with Crippen LogP contribution >= 0.6 is 0 Å². The summed E-state index contributed by atoms with van der Waals surface area (Å²) >= 11 is 0. The van der Waals surface area contributed by atoms with Gasteiger partial charge in [-0.1, -0.05) is 18.2 Å². The van der Waals surface area contributed by atoms with Gasteiger partial charge in [-0.25, -0.2) is 4.79 Å². The third-order valence-corrected chi connectivity index (χ3v) is 4.86. The van der Waals surface area contributed by atoms with E-state index in [0.29, 0.717) is 13.2 Å². The topological polar surface area (TPSA) is 68.5 Å². The predicted octanol–water partition coefficient (Wildman–Crippen LogP) is 1.82. The molecule has 7 nitrogen and oxygen atoms in total. The Morgan fingerprint density at radius 3 is 2.59 bits per heavy atom. The summed E-state index contributed by atoms with van der Waals surface area (Å²) in [4.78, 5) is 27.3. The number of nitrogens with one attached hydrogen (secondary N) is 1. The van der Waals surface area contributed by atoms with Crippen molar-refractivity contribution < 1.29 is 9.53 Å². The van der Waals surface area contributed by atoms with Crippen LogP contribution in [0.3, 0.4) is 0 Å². The molecule has 1 aliphatic rings. The molecule has 2 heterocycles. The summed E-state index contributed by atoms with van der Waals surface area (Å²) in [5.41, 5.74) is 3.14. The van der Waals surface area contributed by atoms with Crippen LogP contribution in [0.5, 0.6) is 0 Å². The molecule has 1 aromatic heterocycles. The molecule has 0 atom stereocenters. The van der Waals surface area contributed by atoms with Gasteiger partial charge in [0.25, 0.3) is 0 Å². The van der Waals surface area contributed by atoms with Gasteiger partial charge < -0.3 is 15.0 Å². The van der Waals surface area contributed by atoms with Gasteiger partial charge in [0.1, 0.15) is 6.54 Å². The second-order valence-electron chi connectivity index (χ2n) is 6.61. The molecule has 1 saturated heterocycles. The summed E-state index contributed by atoms with van der Waals surface area (Å²) in [6, 6.07) is 15.2. The first kappa shape index (κ1) is 17.4. The highest BCUT2D eigenvalue weighted by molar-refractivity contribution is 5.92. The standard InChI is InChI=1S/C20H22N4O3/c1-22-17-7-2-3-8-18(17)24(20(22)26)14-19(25)21-15-5-4-6-16(13-15)23-9-11-27-12-10-23/h2-8,13H,9-12,14H2,1H3,(H,21,25). The van der Waals surface area contributed by atoms with Gasteiger partial charge in [0, 0.05) is 31.5 Å². The Morgan fingerprint density at radius 1 is 1.07 bits per heavy atom. The van der Waals surface area contributed by atoms with Crippen molar-refractivity contribution in [1.82, 2.24) is 9.13 Å². The molecule has 27 heavy (non-hydrogen) atoms. The van der Waals surface area contributed by atoms with Crippen molar-refractivity contribution in [2.45, 2.75) is 6.54 Å². The summed E-state index contributed by atoms with van der Waals surface area (Å²) in [5.74, 6) is -0.229. The number of aryl methyl sites for hydroxylation is 1.